The topological polar surface area (TPSA) is 61.8 Å². The molecule has 5 nitrogen and oxygen atoms in total. The SMILES string of the molecule is CC(C)(C)OC(=O)C(F)=C[C@H]1[C@@H](C(=O)OCc2cccc(Oc3ccccc3)c2)C1(C)C. The minimum Gasteiger partial charge on any atom is -0.461 e. The number of esters is 2. The van der Waals surface area contributed by atoms with Gasteiger partial charge < -0.3 is 14.2 Å². The quantitative estimate of drug-likeness (QED) is 0.391. The number of ether oxygens (including phenoxy) is 3. The first kappa shape index (κ1) is 23.5. The minimum atomic E-state index is -1.03. The van der Waals surface area contributed by atoms with E-state index in [1.165, 1.54) is 6.08 Å². The maximum absolute atomic E-state index is 14.3. The van der Waals surface area contributed by atoms with Gasteiger partial charge in [0.25, 0.3) is 0 Å². The van der Waals surface area contributed by atoms with Crippen molar-refractivity contribution in [2.75, 3.05) is 0 Å². The summed E-state index contributed by atoms with van der Waals surface area (Å²) < 4.78 is 30.6. The van der Waals surface area contributed by atoms with Crippen LogP contribution < -0.4 is 4.74 Å². The van der Waals surface area contributed by atoms with Crippen LogP contribution in [0, 0.1) is 17.3 Å². The number of hydrogen-bond donors (Lipinski definition) is 0. The number of carbonyl (C=O) groups is 2. The van der Waals surface area contributed by atoms with Crippen molar-refractivity contribution in [2.45, 2.75) is 46.8 Å². The lowest BCUT2D eigenvalue weighted by Gasteiger charge is -2.18. The molecule has 2 atom stereocenters. The van der Waals surface area contributed by atoms with Crippen molar-refractivity contribution < 1.29 is 28.2 Å². The number of allylic oxidation sites excluding steroid dienone is 1. The van der Waals surface area contributed by atoms with Gasteiger partial charge in [0.05, 0.1) is 5.92 Å². The molecule has 0 aliphatic heterocycles. The average molecular weight is 441 g/mol. The highest BCUT2D eigenvalue weighted by molar-refractivity contribution is 5.87. The van der Waals surface area contributed by atoms with E-state index in [-0.39, 0.29) is 6.61 Å². The summed E-state index contributed by atoms with van der Waals surface area (Å²) in [4.78, 5) is 24.5. The van der Waals surface area contributed by atoms with Crippen LogP contribution in [0.4, 0.5) is 4.39 Å². The Hall–Kier alpha value is -3.15. The van der Waals surface area contributed by atoms with Crippen molar-refractivity contribution in [2.24, 2.45) is 17.3 Å². The molecule has 32 heavy (non-hydrogen) atoms. The van der Waals surface area contributed by atoms with E-state index < -0.39 is 40.6 Å². The second-order valence-corrected chi connectivity index (χ2v) is 9.51. The summed E-state index contributed by atoms with van der Waals surface area (Å²) in [5.74, 6) is -2.06. The summed E-state index contributed by atoms with van der Waals surface area (Å²) >= 11 is 0. The van der Waals surface area contributed by atoms with Crippen molar-refractivity contribution in [3.05, 3.63) is 72.1 Å². The molecule has 170 valence electrons. The van der Waals surface area contributed by atoms with E-state index in [0.29, 0.717) is 11.5 Å². The van der Waals surface area contributed by atoms with Crippen molar-refractivity contribution in [3.63, 3.8) is 0 Å². The fraction of sp³-hybridized carbons (Fsp3) is 0.385. The highest BCUT2D eigenvalue weighted by atomic mass is 19.1. The first-order chi connectivity index (χ1) is 15.0. The Morgan fingerprint density at radius 3 is 2.34 bits per heavy atom. The molecule has 0 heterocycles. The second kappa shape index (κ2) is 9.15. The molecular weight excluding hydrogens is 411 g/mol. The molecule has 0 spiro atoms. The number of halogens is 1. The van der Waals surface area contributed by atoms with E-state index in [0.717, 1.165) is 5.56 Å². The van der Waals surface area contributed by atoms with Crippen LogP contribution >= 0.6 is 0 Å². The summed E-state index contributed by atoms with van der Waals surface area (Å²) in [5, 5.41) is 0. The lowest BCUT2D eigenvalue weighted by molar-refractivity contribution is -0.152. The standard InChI is InChI=1S/C26H29FO5/c1-25(2,3)32-23(28)21(27)15-20-22(26(20,4)5)24(29)30-16-17-10-9-13-19(14-17)31-18-11-7-6-8-12-18/h6-15,20,22H,16H2,1-5H3/t20-,22-/m0/s1. The van der Waals surface area contributed by atoms with Gasteiger partial charge in [0.2, 0.25) is 5.83 Å². The third kappa shape index (κ3) is 5.96. The van der Waals surface area contributed by atoms with Gasteiger partial charge >= 0.3 is 11.9 Å². The van der Waals surface area contributed by atoms with Crippen LogP contribution in [0.15, 0.2) is 66.5 Å². The van der Waals surface area contributed by atoms with Crippen molar-refractivity contribution in [1.82, 2.24) is 0 Å². The number of hydrogen-bond acceptors (Lipinski definition) is 5. The lowest BCUT2D eigenvalue weighted by Crippen LogP contribution is -2.24. The number of benzene rings is 2. The van der Waals surface area contributed by atoms with Gasteiger partial charge in [-0.3, -0.25) is 4.79 Å². The first-order valence-electron chi connectivity index (χ1n) is 10.6. The third-order valence-corrected chi connectivity index (χ3v) is 5.34. The Labute approximate surface area is 188 Å². The van der Waals surface area contributed by atoms with Crippen LogP contribution in [0.1, 0.15) is 40.2 Å². The van der Waals surface area contributed by atoms with E-state index in [1.807, 2.05) is 62.4 Å². The van der Waals surface area contributed by atoms with Crippen LogP contribution in [0.25, 0.3) is 0 Å². The van der Waals surface area contributed by atoms with Gasteiger partial charge in [-0.05, 0) is 68.0 Å². The molecule has 0 saturated heterocycles. The zero-order chi connectivity index (χ0) is 23.5. The Balaban J connectivity index is 1.58. The molecule has 0 N–H and O–H groups in total. The van der Waals surface area contributed by atoms with Crippen molar-refractivity contribution >= 4 is 11.9 Å². The van der Waals surface area contributed by atoms with Gasteiger partial charge in [-0.1, -0.05) is 44.2 Å². The predicted molar refractivity (Wildman–Crippen MR) is 119 cm³/mol. The average Bonchev–Trinajstić information content (AvgIpc) is 3.25. The molecule has 2 aromatic carbocycles. The summed E-state index contributed by atoms with van der Waals surface area (Å²) in [6.45, 7) is 8.76. The van der Waals surface area contributed by atoms with E-state index in [4.69, 9.17) is 14.2 Å². The van der Waals surface area contributed by atoms with Gasteiger partial charge in [0.15, 0.2) is 0 Å². The monoisotopic (exact) mass is 440 g/mol. The highest BCUT2D eigenvalue weighted by Crippen LogP contribution is 2.60. The zero-order valence-electron chi connectivity index (χ0n) is 19.1. The maximum atomic E-state index is 14.3. The maximum Gasteiger partial charge on any atom is 0.367 e. The van der Waals surface area contributed by atoms with Crippen LogP contribution in [0.5, 0.6) is 11.5 Å². The zero-order valence-corrected chi connectivity index (χ0v) is 19.1. The molecule has 1 aliphatic rings. The van der Waals surface area contributed by atoms with Gasteiger partial charge in [-0.2, -0.15) is 4.39 Å². The smallest absolute Gasteiger partial charge is 0.367 e. The first-order valence-corrected chi connectivity index (χ1v) is 10.6. The molecular formula is C26H29FO5. The molecule has 0 bridgehead atoms. The van der Waals surface area contributed by atoms with Crippen molar-refractivity contribution in [3.8, 4) is 11.5 Å². The fourth-order valence-corrected chi connectivity index (χ4v) is 3.56. The number of para-hydroxylation sites is 1. The van der Waals surface area contributed by atoms with Crippen LogP contribution in [-0.4, -0.2) is 17.5 Å². The van der Waals surface area contributed by atoms with Crippen LogP contribution in [0.2, 0.25) is 0 Å². The summed E-state index contributed by atoms with van der Waals surface area (Å²) in [5.41, 5.74) is -0.523. The van der Waals surface area contributed by atoms with Gasteiger partial charge in [-0.25, -0.2) is 4.79 Å². The predicted octanol–water partition coefficient (Wildman–Crippen LogP) is 5.99. The van der Waals surface area contributed by atoms with Crippen LogP contribution in [-0.2, 0) is 25.7 Å². The Kier molecular flexibility index (Phi) is 6.72. The highest BCUT2D eigenvalue weighted by Gasteiger charge is 2.62. The molecule has 1 fully saturated rings. The van der Waals surface area contributed by atoms with Crippen molar-refractivity contribution in [1.29, 1.82) is 0 Å². The van der Waals surface area contributed by atoms with E-state index in [9.17, 15) is 14.0 Å². The molecule has 2 aromatic rings. The lowest BCUT2D eigenvalue weighted by atomic mass is 10.1. The fourth-order valence-electron chi connectivity index (χ4n) is 3.56. The Bertz CT molecular complexity index is 1000. The third-order valence-electron chi connectivity index (χ3n) is 5.34. The van der Waals surface area contributed by atoms with Gasteiger partial charge in [-0.15, -0.1) is 0 Å². The summed E-state index contributed by atoms with van der Waals surface area (Å²) in [6, 6.07) is 16.7. The molecule has 0 unspecified atom stereocenters. The Morgan fingerprint density at radius 1 is 1.03 bits per heavy atom. The molecule has 6 heteroatoms. The second-order valence-electron chi connectivity index (χ2n) is 9.51. The normalized spacial score (nSPS) is 19.8. The van der Waals surface area contributed by atoms with Gasteiger partial charge in [0.1, 0.15) is 23.7 Å². The van der Waals surface area contributed by atoms with E-state index in [2.05, 4.69) is 0 Å². The number of rotatable bonds is 7. The molecule has 0 amide bonds. The molecule has 0 radical (unpaired) electrons. The minimum absolute atomic E-state index is 0.0718. The molecule has 1 saturated carbocycles. The summed E-state index contributed by atoms with van der Waals surface area (Å²) in [7, 11) is 0. The van der Waals surface area contributed by atoms with E-state index in [1.54, 1.807) is 26.8 Å². The van der Waals surface area contributed by atoms with Crippen LogP contribution in [0.3, 0.4) is 0 Å². The largest absolute Gasteiger partial charge is 0.461 e. The van der Waals surface area contributed by atoms with Gasteiger partial charge in [0, 0.05) is 0 Å². The molecule has 1 aliphatic carbocycles. The van der Waals surface area contributed by atoms with E-state index >= 15 is 0 Å². The molecule has 0 aromatic heterocycles. The number of carbonyl (C=O) groups excluding carboxylic acids is 2. The summed E-state index contributed by atoms with van der Waals surface area (Å²) in [6.07, 6.45) is 1.17. The Morgan fingerprint density at radius 2 is 1.69 bits per heavy atom. The molecule has 3 rings (SSSR count).